The van der Waals surface area contributed by atoms with Crippen LogP contribution in [0.25, 0.3) is 11.2 Å². The van der Waals surface area contributed by atoms with Gasteiger partial charge in [-0.05, 0) is 12.3 Å². The molecule has 4 N–H and O–H groups in total. The van der Waals surface area contributed by atoms with E-state index in [9.17, 15) is 15.3 Å². The molecule has 2 aromatic rings. The molecule has 1 unspecified atom stereocenters. The van der Waals surface area contributed by atoms with Crippen LogP contribution in [0, 0.1) is 5.92 Å². The highest BCUT2D eigenvalue weighted by Gasteiger charge is 2.44. The number of aliphatic hydroxyl groups excluding tert-OH is 3. The van der Waals surface area contributed by atoms with Crippen LogP contribution < -0.4 is 5.32 Å². The highest BCUT2D eigenvalue weighted by Crippen LogP contribution is 2.32. The SMILES string of the molecule is OC[C@H]1OC(n2cnc3c(NCCC4CCCCC4)ncnc32)[C@H](O)[C@@H]1O. The van der Waals surface area contributed by atoms with Crippen LogP contribution in [0.15, 0.2) is 12.7 Å². The van der Waals surface area contributed by atoms with Crippen LogP contribution >= 0.6 is 0 Å². The molecule has 0 aromatic carbocycles. The number of hydrogen-bond donors (Lipinski definition) is 4. The summed E-state index contributed by atoms with van der Waals surface area (Å²) in [6.07, 6.45) is 6.69. The smallest absolute Gasteiger partial charge is 0.167 e. The first-order valence-corrected chi connectivity index (χ1v) is 9.73. The fraction of sp³-hybridized carbons (Fsp3) is 0.722. The number of aromatic nitrogens is 4. The topological polar surface area (TPSA) is 126 Å². The average Bonchev–Trinajstić information content (AvgIpc) is 3.25. The fourth-order valence-electron chi connectivity index (χ4n) is 4.15. The zero-order chi connectivity index (χ0) is 18.8. The number of aliphatic hydroxyl groups is 3. The molecular formula is C18H27N5O4. The van der Waals surface area contributed by atoms with Gasteiger partial charge in [-0.3, -0.25) is 4.57 Å². The standard InChI is InChI=1S/C18H27N5O4/c24-8-12-14(25)15(26)18(27-12)23-10-22-13-16(20-9-21-17(13)23)19-7-6-11-4-2-1-3-5-11/h9-12,14-15,18,24-26H,1-8H2,(H,19,20,21)/t12-,14-,15-,18?/m1/s1. The number of hydrogen-bond acceptors (Lipinski definition) is 8. The van der Waals surface area contributed by atoms with Crippen molar-refractivity contribution in [3.05, 3.63) is 12.7 Å². The molecule has 1 saturated heterocycles. The molecule has 2 aliphatic rings. The summed E-state index contributed by atoms with van der Waals surface area (Å²) in [5.41, 5.74) is 1.11. The van der Waals surface area contributed by atoms with Crippen molar-refractivity contribution < 1.29 is 20.1 Å². The molecule has 0 spiro atoms. The molecule has 9 nitrogen and oxygen atoms in total. The second-order valence-electron chi connectivity index (χ2n) is 7.49. The van der Waals surface area contributed by atoms with E-state index in [2.05, 4.69) is 20.3 Å². The Morgan fingerprint density at radius 1 is 1.11 bits per heavy atom. The number of nitrogens with zero attached hydrogens (tertiary/aromatic N) is 4. The minimum atomic E-state index is -1.17. The quantitative estimate of drug-likeness (QED) is 0.583. The predicted octanol–water partition coefficient (Wildman–Crippen LogP) is 0.820. The predicted molar refractivity (Wildman–Crippen MR) is 98.0 cm³/mol. The zero-order valence-corrected chi connectivity index (χ0v) is 15.2. The Balaban J connectivity index is 1.48. The molecule has 2 aromatic heterocycles. The number of rotatable bonds is 6. The van der Waals surface area contributed by atoms with Crippen LogP contribution in [0.3, 0.4) is 0 Å². The molecular weight excluding hydrogens is 350 g/mol. The maximum atomic E-state index is 10.3. The number of nitrogens with one attached hydrogen (secondary N) is 1. The van der Waals surface area contributed by atoms with Crippen molar-refractivity contribution in [2.75, 3.05) is 18.5 Å². The van der Waals surface area contributed by atoms with Gasteiger partial charge in [-0.2, -0.15) is 0 Å². The molecule has 3 heterocycles. The third kappa shape index (κ3) is 3.64. The van der Waals surface area contributed by atoms with Crippen molar-refractivity contribution in [2.45, 2.75) is 63.1 Å². The van der Waals surface area contributed by atoms with E-state index < -0.39 is 24.5 Å². The van der Waals surface area contributed by atoms with E-state index in [1.807, 2.05) is 0 Å². The molecule has 0 bridgehead atoms. The molecule has 27 heavy (non-hydrogen) atoms. The molecule has 4 rings (SSSR count). The van der Waals surface area contributed by atoms with Gasteiger partial charge < -0.3 is 25.4 Å². The molecule has 9 heteroatoms. The second kappa shape index (κ2) is 8.05. The maximum Gasteiger partial charge on any atom is 0.167 e. The molecule has 1 aliphatic carbocycles. The number of ether oxygens (including phenoxy) is 1. The lowest BCUT2D eigenvalue weighted by Crippen LogP contribution is -2.33. The van der Waals surface area contributed by atoms with Gasteiger partial charge in [0.05, 0.1) is 12.9 Å². The van der Waals surface area contributed by atoms with E-state index in [0.717, 1.165) is 18.9 Å². The lowest BCUT2D eigenvalue weighted by Gasteiger charge is -2.21. The fourth-order valence-corrected chi connectivity index (χ4v) is 4.15. The van der Waals surface area contributed by atoms with Crippen LogP contribution in [0.1, 0.15) is 44.8 Å². The number of imidazole rings is 1. The Morgan fingerprint density at radius 2 is 1.93 bits per heavy atom. The molecule has 0 amide bonds. The van der Waals surface area contributed by atoms with Crippen LogP contribution in [0.2, 0.25) is 0 Å². The van der Waals surface area contributed by atoms with Crippen LogP contribution in [0.4, 0.5) is 5.82 Å². The van der Waals surface area contributed by atoms with Gasteiger partial charge in [-0.1, -0.05) is 32.1 Å². The normalized spacial score (nSPS) is 29.4. The monoisotopic (exact) mass is 377 g/mol. The Labute approximate surface area is 157 Å². The van der Waals surface area contributed by atoms with Crippen molar-refractivity contribution >= 4 is 17.0 Å². The first-order valence-electron chi connectivity index (χ1n) is 9.73. The van der Waals surface area contributed by atoms with Crippen molar-refractivity contribution in [2.24, 2.45) is 5.92 Å². The van der Waals surface area contributed by atoms with Gasteiger partial charge in [-0.25, -0.2) is 15.0 Å². The first kappa shape index (κ1) is 18.5. The summed E-state index contributed by atoms with van der Waals surface area (Å²) in [5.74, 6) is 1.43. The van der Waals surface area contributed by atoms with E-state index in [0.29, 0.717) is 17.0 Å². The van der Waals surface area contributed by atoms with E-state index in [-0.39, 0.29) is 6.61 Å². The van der Waals surface area contributed by atoms with Crippen molar-refractivity contribution in [1.82, 2.24) is 19.5 Å². The van der Waals surface area contributed by atoms with Crippen LogP contribution in [-0.2, 0) is 4.74 Å². The van der Waals surface area contributed by atoms with Crippen LogP contribution in [-0.4, -0.2) is 66.3 Å². The summed E-state index contributed by atoms with van der Waals surface area (Å²) in [6.45, 7) is 0.460. The first-order chi connectivity index (χ1) is 13.2. The van der Waals surface area contributed by atoms with Gasteiger partial charge in [-0.15, -0.1) is 0 Å². The Morgan fingerprint density at radius 3 is 2.67 bits per heavy atom. The van der Waals surface area contributed by atoms with E-state index >= 15 is 0 Å². The molecule has 148 valence electrons. The summed E-state index contributed by atoms with van der Waals surface area (Å²) < 4.78 is 7.16. The third-order valence-electron chi connectivity index (χ3n) is 5.72. The van der Waals surface area contributed by atoms with Gasteiger partial charge in [0, 0.05) is 6.54 Å². The largest absolute Gasteiger partial charge is 0.394 e. The van der Waals surface area contributed by atoms with E-state index in [1.54, 1.807) is 4.57 Å². The van der Waals surface area contributed by atoms with Gasteiger partial charge in [0.25, 0.3) is 0 Å². The van der Waals surface area contributed by atoms with Crippen LogP contribution in [0.5, 0.6) is 0 Å². The second-order valence-corrected chi connectivity index (χ2v) is 7.49. The highest BCUT2D eigenvalue weighted by atomic mass is 16.6. The number of fused-ring (bicyclic) bond motifs is 1. The summed E-state index contributed by atoms with van der Waals surface area (Å²) in [5, 5.41) is 32.9. The van der Waals surface area contributed by atoms with Crippen molar-refractivity contribution in [1.29, 1.82) is 0 Å². The Hall–Kier alpha value is -1.81. The average molecular weight is 377 g/mol. The van der Waals surface area contributed by atoms with Gasteiger partial charge in [0.1, 0.15) is 24.6 Å². The molecule has 4 atom stereocenters. The van der Waals surface area contributed by atoms with Gasteiger partial charge in [0.2, 0.25) is 0 Å². The van der Waals surface area contributed by atoms with E-state index in [1.165, 1.54) is 44.8 Å². The molecule has 0 radical (unpaired) electrons. The Bertz CT molecular complexity index is 763. The van der Waals surface area contributed by atoms with Crippen molar-refractivity contribution in [3.8, 4) is 0 Å². The van der Waals surface area contributed by atoms with E-state index in [4.69, 9.17) is 4.74 Å². The maximum absolute atomic E-state index is 10.3. The molecule has 1 aliphatic heterocycles. The Kier molecular flexibility index (Phi) is 5.53. The lowest BCUT2D eigenvalue weighted by molar-refractivity contribution is -0.0511. The summed E-state index contributed by atoms with van der Waals surface area (Å²) >= 11 is 0. The lowest BCUT2D eigenvalue weighted by atomic mass is 9.87. The van der Waals surface area contributed by atoms with Crippen molar-refractivity contribution in [3.63, 3.8) is 0 Å². The zero-order valence-electron chi connectivity index (χ0n) is 15.2. The third-order valence-corrected chi connectivity index (χ3v) is 5.72. The minimum absolute atomic E-state index is 0.371. The summed E-state index contributed by atoms with van der Waals surface area (Å²) in [6, 6.07) is 0. The highest BCUT2D eigenvalue weighted by molar-refractivity contribution is 5.82. The summed E-state index contributed by atoms with van der Waals surface area (Å²) in [4.78, 5) is 13.0. The molecule has 1 saturated carbocycles. The minimum Gasteiger partial charge on any atom is -0.394 e. The molecule has 2 fully saturated rings. The van der Waals surface area contributed by atoms with Gasteiger partial charge in [0.15, 0.2) is 23.2 Å². The van der Waals surface area contributed by atoms with Gasteiger partial charge >= 0.3 is 0 Å². The summed E-state index contributed by atoms with van der Waals surface area (Å²) in [7, 11) is 0. The number of anilines is 1.